The largest absolute Gasteiger partial charge is 0.480 e. The number of carbonyl (C=O) groups excluding carboxylic acids is 1. The van der Waals surface area contributed by atoms with Gasteiger partial charge in [-0.1, -0.05) is 0 Å². The molecule has 1 heterocycles. The van der Waals surface area contributed by atoms with Crippen molar-refractivity contribution in [3.63, 3.8) is 0 Å². The minimum absolute atomic E-state index is 0.202. The molecule has 0 radical (unpaired) electrons. The molecule has 6 heteroatoms. The highest BCUT2D eigenvalue weighted by Gasteiger charge is 2.11. The van der Waals surface area contributed by atoms with Gasteiger partial charge in [-0.2, -0.15) is 0 Å². The SMILES string of the molecule is CNCCCNC(=O)c1cccn1CC(=O)O. The van der Waals surface area contributed by atoms with Gasteiger partial charge in [-0.25, -0.2) is 0 Å². The molecular weight excluding hydrogens is 222 g/mol. The molecule has 0 unspecified atom stereocenters. The minimum atomic E-state index is -0.967. The smallest absolute Gasteiger partial charge is 0.323 e. The summed E-state index contributed by atoms with van der Waals surface area (Å²) in [5.74, 6) is -1.21. The highest BCUT2D eigenvalue weighted by atomic mass is 16.4. The molecular formula is C11H17N3O3. The molecule has 0 atom stereocenters. The standard InChI is InChI=1S/C11H17N3O3/c1-12-5-3-6-13-11(17)9-4-2-7-14(9)8-10(15)16/h2,4,7,12H,3,5-6,8H2,1H3,(H,13,17)(H,15,16). The van der Waals surface area contributed by atoms with Gasteiger partial charge in [0.2, 0.25) is 0 Å². The van der Waals surface area contributed by atoms with Crippen LogP contribution in [0.1, 0.15) is 16.9 Å². The Morgan fingerprint density at radius 3 is 2.82 bits per heavy atom. The molecule has 0 spiro atoms. The average Bonchev–Trinajstić information content (AvgIpc) is 2.71. The van der Waals surface area contributed by atoms with E-state index in [-0.39, 0.29) is 12.5 Å². The zero-order valence-electron chi connectivity index (χ0n) is 9.77. The number of aromatic nitrogens is 1. The molecule has 17 heavy (non-hydrogen) atoms. The van der Waals surface area contributed by atoms with Gasteiger partial charge in [0, 0.05) is 12.7 Å². The monoisotopic (exact) mass is 239 g/mol. The molecule has 0 aromatic carbocycles. The van der Waals surface area contributed by atoms with Crippen molar-refractivity contribution in [3.05, 3.63) is 24.0 Å². The molecule has 1 aromatic heterocycles. The number of rotatable bonds is 7. The van der Waals surface area contributed by atoms with Crippen molar-refractivity contribution >= 4 is 11.9 Å². The molecule has 0 aliphatic carbocycles. The fourth-order valence-corrected chi connectivity index (χ4v) is 1.46. The van der Waals surface area contributed by atoms with E-state index in [0.717, 1.165) is 13.0 Å². The number of hydrogen-bond acceptors (Lipinski definition) is 3. The summed E-state index contributed by atoms with van der Waals surface area (Å²) in [6.45, 7) is 1.20. The van der Waals surface area contributed by atoms with Crippen molar-refractivity contribution in [2.75, 3.05) is 20.1 Å². The molecule has 1 rings (SSSR count). The number of carboxylic acid groups (broad SMARTS) is 1. The lowest BCUT2D eigenvalue weighted by Crippen LogP contribution is -2.29. The Kier molecular flexibility index (Phi) is 5.22. The molecule has 0 saturated heterocycles. The predicted molar refractivity (Wildman–Crippen MR) is 62.9 cm³/mol. The third kappa shape index (κ3) is 4.28. The molecule has 0 aliphatic heterocycles. The van der Waals surface area contributed by atoms with Crippen LogP contribution in [-0.2, 0) is 11.3 Å². The Bertz CT molecular complexity index is 387. The first-order valence-electron chi connectivity index (χ1n) is 5.45. The first-order chi connectivity index (χ1) is 8.15. The number of carbonyl (C=O) groups is 2. The molecule has 0 bridgehead atoms. The minimum Gasteiger partial charge on any atom is -0.480 e. The van der Waals surface area contributed by atoms with Crippen LogP contribution in [0.5, 0.6) is 0 Å². The second kappa shape index (κ2) is 6.70. The van der Waals surface area contributed by atoms with Crippen LogP contribution in [-0.4, -0.2) is 41.7 Å². The van der Waals surface area contributed by atoms with E-state index in [1.54, 1.807) is 18.3 Å². The summed E-state index contributed by atoms with van der Waals surface area (Å²) in [4.78, 5) is 22.3. The Labute approximate surface area is 99.6 Å². The van der Waals surface area contributed by atoms with Crippen LogP contribution in [0.3, 0.4) is 0 Å². The maximum Gasteiger partial charge on any atom is 0.323 e. The number of nitrogens with one attached hydrogen (secondary N) is 2. The topological polar surface area (TPSA) is 83.4 Å². The van der Waals surface area contributed by atoms with Crippen LogP contribution >= 0.6 is 0 Å². The van der Waals surface area contributed by atoms with Crippen molar-refractivity contribution in [3.8, 4) is 0 Å². The Balaban J connectivity index is 2.50. The van der Waals surface area contributed by atoms with Gasteiger partial charge in [0.05, 0.1) is 0 Å². The van der Waals surface area contributed by atoms with Crippen molar-refractivity contribution in [1.29, 1.82) is 0 Å². The third-order valence-electron chi connectivity index (χ3n) is 2.26. The van der Waals surface area contributed by atoms with Gasteiger partial charge in [0.15, 0.2) is 0 Å². The van der Waals surface area contributed by atoms with E-state index in [4.69, 9.17) is 5.11 Å². The number of nitrogens with zero attached hydrogens (tertiary/aromatic N) is 1. The van der Waals surface area contributed by atoms with Crippen LogP contribution in [0, 0.1) is 0 Å². The Morgan fingerprint density at radius 2 is 2.18 bits per heavy atom. The molecule has 1 aromatic rings. The van der Waals surface area contributed by atoms with Crippen molar-refractivity contribution < 1.29 is 14.7 Å². The summed E-state index contributed by atoms with van der Waals surface area (Å²) >= 11 is 0. The molecule has 0 fully saturated rings. The van der Waals surface area contributed by atoms with E-state index in [1.165, 1.54) is 4.57 Å². The van der Waals surface area contributed by atoms with Crippen molar-refractivity contribution in [1.82, 2.24) is 15.2 Å². The quantitative estimate of drug-likeness (QED) is 0.581. The number of amides is 1. The fourth-order valence-electron chi connectivity index (χ4n) is 1.46. The maximum atomic E-state index is 11.7. The van der Waals surface area contributed by atoms with Crippen LogP contribution in [0.15, 0.2) is 18.3 Å². The summed E-state index contributed by atoms with van der Waals surface area (Å²) in [6, 6.07) is 3.27. The van der Waals surface area contributed by atoms with Gasteiger partial charge in [-0.05, 0) is 32.1 Å². The van der Waals surface area contributed by atoms with Gasteiger partial charge in [0.25, 0.3) is 5.91 Å². The predicted octanol–water partition coefficient (Wildman–Crippen LogP) is -0.0880. The number of aliphatic carboxylic acids is 1. The average molecular weight is 239 g/mol. The van der Waals surface area contributed by atoms with Crippen LogP contribution in [0.25, 0.3) is 0 Å². The van der Waals surface area contributed by atoms with Crippen molar-refractivity contribution in [2.45, 2.75) is 13.0 Å². The summed E-state index contributed by atoms with van der Waals surface area (Å²) in [6.07, 6.45) is 2.42. The summed E-state index contributed by atoms with van der Waals surface area (Å²) in [5.41, 5.74) is 0.372. The van der Waals surface area contributed by atoms with Crippen LogP contribution in [0.4, 0.5) is 0 Å². The Hall–Kier alpha value is -1.82. The summed E-state index contributed by atoms with van der Waals surface area (Å²) in [7, 11) is 1.85. The fraction of sp³-hybridized carbons (Fsp3) is 0.455. The van der Waals surface area contributed by atoms with E-state index in [1.807, 2.05) is 7.05 Å². The maximum absolute atomic E-state index is 11.7. The lowest BCUT2D eigenvalue weighted by molar-refractivity contribution is -0.137. The third-order valence-corrected chi connectivity index (χ3v) is 2.26. The molecule has 94 valence electrons. The highest BCUT2D eigenvalue weighted by molar-refractivity contribution is 5.93. The van der Waals surface area contributed by atoms with Crippen LogP contribution < -0.4 is 10.6 Å². The number of carboxylic acids is 1. The van der Waals surface area contributed by atoms with E-state index in [2.05, 4.69) is 10.6 Å². The Morgan fingerprint density at radius 1 is 1.41 bits per heavy atom. The van der Waals surface area contributed by atoms with Gasteiger partial charge in [-0.3, -0.25) is 9.59 Å². The van der Waals surface area contributed by atoms with E-state index in [0.29, 0.717) is 12.2 Å². The summed E-state index contributed by atoms with van der Waals surface area (Å²) in [5, 5.41) is 14.4. The zero-order valence-corrected chi connectivity index (χ0v) is 9.77. The first kappa shape index (κ1) is 13.2. The highest BCUT2D eigenvalue weighted by Crippen LogP contribution is 2.02. The lowest BCUT2D eigenvalue weighted by atomic mass is 10.3. The first-order valence-corrected chi connectivity index (χ1v) is 5.45. The van der Waals surface area contributed by atoms with Gasteiger partial charge >= 0.3 is 5.97 Å². The van der Waals surface area contributed by atoms with E-state index >= 15 is 0 Å². The van der Waals surface area contributed by atoms with Gasteiger partial charge < -0.3 is 20.3 Å². The van der Waals surface area contributed by atoms with E-state index < -0.39 is 5.97 Å². The summed E-state index contributed by atoms with van der Waals surface area (Å²) < 4.78 is 1.41. The van der Waals surface area contributed by atoms with Crippen molar-refractivity contribution in [2.24, 2.45) is 0 Å². The molecule has 6 nitrogen and oxygen atoms in total. The molecule has 1 amide bonds. The number of hydrogen-bond donors (Lipinski definition) is 3. The van der Waals surface area contributed by atoms with Gasteiger partial charge in [0.1, 0.15) is 12.2 Å². The molecule has 0 aliphatic rings. The van der Waals surface area contributed by atoms with E-state index in [9.17, 15) is 9.59 Å². The second-order valence-corrected chi connectivity index (χ2v) is 3.63. The second-order valence-electron chi connectivity index (χ2n) is 3.63. The normalized spacial score (nSPS) is 10.2. The zero-order chi connectivity index (χ0) is 12.7. The molecule has 3 N–H and O–H groups in total. The lowest BCUT2D eigenvalue weighted by Gasteiger charge is -2.07. The van der Waals surface area contributed by atoms with Crippen LogP contribution in [0.2, 0.25) is 0 Å². The molecule has 0 saturated carbocycles. The van der Waals surface area contributed by atoms with Gasteiger partial charge in [-0.15, -0.1) is 0 Å².